The molecule has 0 unspecified atom stereocenters. The van der Waals surface area contributed by atoms with Gasteiger partial charge >= 0.3 is 42.3 Å². The van der Waals surface area contributed by atoms with Crippen molar-refractivity contribution in [2.45, 2.75) is 155 Å². The lowest BCUT2D eigenvalue weighted by Gasteiger charge is -2.31. The lowest BCUT2D eigenvalue weighted by Crippen LogP contribution is -2.43. The lowest BCUT2D eigenvalue weighted by molar-refractivity contribution is -0.143. The summed E-state index contributed by atoms with van der Waals surface area (Å²) < 4.78 is 47.5. The van der Waals surface area contributed by atoms with Crippen molar-refractivity contribution < 1.29 is 81.3 Å². The molecule has 27 heteroatoms. The highest BCUT2D eigenvalue weighted by atomic mass is 32.1. The van der Waals surface area contributed by atoms with E-state index in [2.05, 4.69) is 21.4 Å². The highest BCUT2D eigenvalue weighted by Crippen LogP contribution is 2.30. The minimum atomic E-state index is -0.898. The van der Waals surface area contributed by atoms with Crippen molar-refractivity contribution in [2.75, 3.05) is 57.4 Å². The van der Waals surface area contributed by atoms with E-state index in [0.717, 1.165) is 101 Å². The quantitative estimate of drug-likeness (QED) is 0.0235. The second kappa shape index (κ2) is 44.2. The Kier molecular flexibility index (Phi) is 36.9. The van der Waals surface area contributed by atoms with Crippen molar-refractivity contribution in [3.8, 4) is 17.2 Å². The van der Waals surface area contributed by atoms with Gasteiger partial charge in [0, 0.05) is 37.3 Å². The molecule has 7 aromatic rings. The number of carbonyl (C=O) groups is 7. The Morgan fingerprint density at radius 3 is 1.20 bits per heavy atom. The molecule has 0 saturated heterocycles. The van der Waals surface area contributed by atoms with Crippen molar-refractivity contribution in [3.05, 3.63) is 208 Å². The van der Waals surface area contributed by atoms with Crippen LogP contribution in [0, 0.1) is 0 Å². The molecule has 0 saturated carbocycles. The SMILES string of the molecule is COC(=O)[C@@H](N)Cc1ccc(OCCCc2ccc3c(n2)N(C(=O)OC(C)(C)C)CCC3)cc1.COC(=O)[C@H](Cc1ccc(O)cc1)NC(=O)OCc1ccccc1.COC(=O)[C@H](Cc1ccc(OCCCc2ccc3c(n2)N(C(=O)OC(C)(C)C)CCC3)cc1)NC(=O)OCc1ccccc1.S.S.S. The van der Waals surface area contributed by atoms with Crippen LogP contribution < -0.4 is 35.6 Å². The third-order valence-electron chi connectivity index (χ3n) is 15.7. The number of methoxy groups -OCH3 is 3. The first-order valence-electron chi connectivity index (χ1n) is 34.0. The standard InChI is InChI=1S/C34H41N3O7.C26H35N3O5.C18H19NO5.3H2S/c1-34(2,3)44-33(40)37-20-8-12-26-16-17-27(35-30(26)37)13-9-21-42-28-18-14-24(15-19-28)22-29(31(38)41-4)36-32(39)43-23-25-10-6-5-7-11-25;1-26(2,3)34-25(31)29-15-5-7-19-11-12-20(28-23(19)29)8-6-16-33-21-13-9-18(10-14-21)17-22(27)24(30)32-4;1-23-17(21)16(11-13-7-9-15(20)10-8-13)19-18(22)24-12-14-5-3-2-4-6-14;;;/h5-7,10-11,14-19,29H,8-9,12-13,20-23H2,1-4H3,(H,36,39);9-14,22H,5-8,15-17,27H2,1-4H3;2-10,16,20H,11-12H2,1H3,(H,19,22);3*1H2/t29-;22-;16-;;;/m000.../s1. The third-order valence-corrected chi connectivity index (χ3v) is 15.7. The van der Waals surface area contributed by atoms with Gasteiger partial charge in [-0.3, -0.25) is 14.6 Å². The first kappa shape index (κ1) is 87.7. The summed E-state index contributed by atoms with van der Waals surface area (Å²) >= 11 is 0. The van der Waals surface area contributed by atoms with Gasteiger partial charge in [0.2, 0.25) is 0 Å². The fourth-order valence-electron chi connectivity index (χ4n) is 10.6. The molecular weight excluding hydrogens is 1400 g/mol. The van der Waals surface area contributed by atoms with E-state index in [0.29, 0.717) is 56.5 Å². The molecule has 4 amide bonds. The first-order chi connectivity index (χ1) is 48.8. The van der Waals surface area contributed by atoms with Gasteiger partial charge in [-0.1, -0.05) is 109 Å². The number of hydrogen-bond donors (Lipinski definition) is 4. The number of aryl methyl sites for hydroxylation is 4. The second-order valence-corrected chi connectivity index (χ2v) is 26.2. The fraction of sp³-hybridized carbons (Fsp3) is 0.397. The number of amides is 4. The number of esters is 3. The number of rotatable bonds is 25. The summed E-state index contributed by atoms with van der Waals surface area (Å²) in [5.41, 5.74) is 12.9. The Labute approximate surface area is 636 Å². The number of nitrogens with zero attached hydrogens (tertiary/aromatic N) is 4. The summed E-state index contributed by atoms with van der Waals surface area (Å²) in [7, 11) is 3.86. The van der Waals surface area contributed by atoms with E-state index in [1.165, 1.54) is 33.5 Å². The molecule has 2 aliphatic rings. The molecule has 24 nitrogen and oxygen atoms in total. The van der Waals surface area contributed by atoms with Crippen molar-refractivity contribution in [2.24, 2.45) is 5.73 Å². The van der Waals surface area contributed by atoms with Crippen LogP contribution in [0.5, 0.6) is 17.2 Å². The maximum atomic E-state index is 12.8. The minimum Gasteiger partial charge on any atom is -0.508 e. The van der Waals surface area contributed by atoms with Gasteiger partial charge in [-0.15, -0.1) is 0 Å². The van der Waals surface area contributed by atoms with E-state index in [4.69, 9.17) is 53.6 Å². The molecular formula is C78H101N7O17S3. The molecule has 9 rings (SSSR count). The van der Waals surface area contributed by atoms with Gasteiger partial charge in [0.1, 0.15) is 71.4 Å². The summed E-state index contributed by atoms with van der Waals surface area (Å²) in [4.78, 5) is 98.1. The van der Waals surface area contributed by atoms with E-state index in [1.54, 1.807) is 21.9 Å². The Balaban J connectivity index is 0.000000343. The van der Waals surface area contributed by atoms with Crippen molar-refractivity contribution >= 4 is 94.4 Å². The number of fused-ring (bicyclic) bond motifs is 2. The zero-order valence-corrected chi connectivity index (χ0v) is 64.1. The number of carbonyl (C=O) groups excluding carboxylic acids is 7. The highest BCUT2D eigenvalue weighted by Gasteiger charge is 2.31. The Hall–Kier alpha value is -9.70. The topological polar surface area (TPSA) is 305 Å². The van der Waals surface area contributed by atoms with E-state index < -0.39 is 59.4 Å². The largest absolute Gasteiger partial charge is 0.508 e. The number of nitrogens with two attached hydrogens (primary N) is 1. The number of anilines is 2. The Morgan fingerprint density at radius 1 is 0.476 bits per heavy atom. The van der Waals surface area contributed by atoms with Gasteiger partial charge in [-0.2, -0.15) is 40.5 Å². The molecule has 5 N–H and O–H groups in total. The van der Waals surface area contributed by atoms with E-state index in [9.17, 15) is 38.7 Å². The highest BCUT2D eigenvalue weighted by molar-refractivity contribution is 7.59. The molecule has 5 aromatic carbocycles. The van der Waals surface area contributed by atoms with Crippen LogP contribution in [0.15, 0.2) is 158 Å². The van der Waals surface area contributed by atoms with Crippen molar-refractivity contribution in [3.63, 3.8) is 0 Å². The maximum absolute atomic E-state index is 12.8. The molecule has 0 bridgehead atoms. The zero-order chi connectivity index (χ0) is 73.6. The van der Waals surface area contributed by atoms with Gasteiger partial charge in [-0.05, 0) is 187 Å². The third kappa shape index (κ3) is 30.5. The Morgan fingerprint density at radius 2 is 0.838 bits per heavy atom. The molecule has 2 aromatic heterocycles. The summed E-state index contributed by atoms with van der Waals surface area (Å²) in [5, 5.41) is 14.4. The molecule has 568 valence electrons. The van der Waals surface area contributed by atoms with Crippen LogP contribution in [0.3, 0.4) is 0 Å². The first-order valence-corrected chi connectivity index (χ1v) is 34.0. The predicted molar refractivity (Wildman–Crippen MR) is 414 cm³/mol. The number of phenols is 1. The fourth-order valence-corrected chi connectivity index (χ4v) is 10.6. The number of benzene rings is 5. The van der Waals surface area contributed by atoms with Crippen LogP contribution in [-0.2, 0) is 106 Å². The van der Waals surface area contributed by atoms with E-state index >= 15 is 0 Å². The number of aromatic nitrogens is 2. The van der Waals surface area contributed by atoms with Gasteiger partial charge in [0.15, 0.2) is 0 Å². The molecule has 0 spiro atoms. The molecule has 3 atom stereocenters. The van der Waals surface area contributed by atoms with Crippen LogP contribution in [0.2, 0.25) is 0 Å². The second-order valence-electron chi connectivity index (χ2n) is 26.2. The predicted octanol–water partition coefficient (Wildman–Crippen LogP) is 12.4. The summed E-state index contributed by atoms with van der Waals surface area (Å²) in [6.45, 7) is 13.6. The number of alkyl carbamates (subject to hydrolysis) is 2. The molecule has 0 radical (unpaired) electrons. The number of nitrogens with one attached hydrogen (secondary N) is 2. The van der Waals surface area contributed by atoms with Crippen LogP contribution in [0.4, 0.5) is 30.8 Å². The van der Waals surface area contributed by atoms with Crippen LogP contribution in [0.1, 0.15) is 118 Å². The average molecular weight is 1500 g/mol. The van der Waals surface area contributed by atoms with Crippen LogP contribution in [0.25, 0.3) is 0 Å². The molecule has 0 fully saturated rings. The molecule has 2 aliphatic heterocycles. The summed E-state index contributed by atoms with van der Waals surface area (Å²) in [6, 6.07) is 45.5. The van der Waals surface area contributed by atoms with Crippen molar-refractivity contribution in [1.82, 2.24) is 20.6 Å². The molecule has 4 heterocycles. The number of aromatic hydroxyl groups is 1. The normalized spacial score (nSPS) is 12.8. The smallest absolute Gasteiger partial charge is 0.416 e. The number of ether oxygens (including phenoxy) is 9. The van der Waals surface area contributed by atoms with Crippen LogP contribution >= 0.6 is 40.5 Å². The molecule has 0 aliphatic carbocycles. The van der Waals surface area contributed by atoms with E-state index in [-0.39, 0.29) is 84.5 Å². The molecule has 105 heavy (non-hydrogen) atoms. The van der Waals surface area contributed by atoms with E-state index in [1.807, 2.05) is 169 Å². The number of pyridine rings is 2. The number of phenolic OH excluding ortho intramolecular Hbond substituents is 1. The van der Waals surface area contributed by atoms with Gasteiger partial charge in [-0.25, -0.2) is 38.7 Å². The lowest BCUT2D eigenvalue weighted by atomic mass is 10.0. The average Bonchev–Trinajstić information content (AvgIpc) is 0.808. The maximum Gasteiger partial charge on any atom is 0.416 e. The summed E-state index contributed by atoms with van der Waals surface area (Å²) in [5.74, 6) is 1.40. The van der Waals surface area contributed by atoms with Crippen molar-refractivity contribution in [1.29, 1.82) is 0 Å². The van der Waals surface area contributed by atoms with Gasteiger partial charge in [0.05, 0.1) is 34.5 Å². The van der Waals surface area contributed by atoms with Gasteiger partial charge in [0.25, 0.3) is 0 Å². The minimum absolute atomic E-state index is 0. The van der Waals surface area contributed by atoms with Gasteiger partial charge < -0.3 is 64.1 Å². The Bertz CT molecular complexity index is 3850. The monoisotopic (exact) mass is 1500 g/mol. The van der Waals surface area contributed by atoms with Crippen LogP contribution in [-0.4, -0.2) is 134 Å². The summed E-state index contributed by atoms with van der Waals surface area (Å²) in [6.07, 6.45) is 5.28. The number of hydrogen-bond acceptors (Lipinski definition) is 20. The zero-order valence-electron chi connectivity index (χ0n) is 61.1.